The highest BCUT2D eigenvalue weighted by Gasteiger charge is 2.57. The van der Waals surface area contributed by atoms with E-state index >= 15 is 8.78 Å². The lowest BCUT2D eigenvalue weighted by molar-refractivity contribution is -0.169. The first-order valence-corrected chi connectivity index (χ1v) is 12.1. The molecule has 2 aromatic carbocycles. The Hall–Kier alpha value is -2.43. The van der Waals surface area contributed by atoms with Gasteiger partial charge in [-0.05, 0) is 44.4 Å². The Bertz CT molecular complexity index is 1080. The van der Waals surface area contributed by atoms with Gasteiger partial charge >= 0.3 is 5.97 Å². The molecule has 2 fully saturated rings. The third-order valence-electron chi connectivity index (χ3n) is 6.71. The van der Waals surface area contributed by atoms with Crippen molar-refractivity contribution in [2.75, 3.05) is 0 Å². The van der Waals surface area contributed by atoms with E-state index in [1.807, 2.05) is 18.2 Å². The summed E-state index contributed by atoms with van der Waals surface area (Å²) in [7, 11) is 0. The van der Waals surface area contributed by atoms with Gasteiger partial charge in [0.2, 0.25) is 0 Å². The zero-order valence-corrected chi connectivity index (χ0v) is 19.9. The molecule has 1 heterocycles. The molecule has 1 aliphatic heterocycles. The minimum absolute atomic E-state index is 0.0392. The molecular weight excluding hydrogens is 442 g/mol. The van der Waals surface area contributed by atoms with Crippen molar-refractivity contribution in [3.8, 4) is 6.07 Å². The Labute approximate surface area is 198 Å². The monoisotopic (exact) mass is 470 g/mol. The van der Waals surface area contributed by atoms with Crippen LogP contribution in [-0.2, 0) is 21.5 Å². The van der Waals surface area contributed by atoms with Crippen LogP contribution in [0.15, 0.2) is 42.5 Å². The van der Waals surface area contributed by atoms with E-state index in [2.05, 4.69) is 29.4 Å². The van der Waals surface area contributed by atoms with E-state index in [-0.39, 0.29) is 41.8 Å². The van der Waals surface area contributed by atoms with Gasteiger partial charge in [0.1, 0.15) is 17.2 Å². The van der Waals surface area contributed by atoms with Crippen LogP contribution in [0.3, 0.4) is 0 Å². The fourth-order valence-electron chi connectivity index (χ4n) is 5.16. The van der Waals surface area contributed by atoms with E-state index in [1.54, 1.807) is 18.9 Å². The van der Waals surface area contributed by atoms with Crippen molar-refractivity contribution in [2.24, 2.45) is 0 Å². The molecule has 1 aliphatic carbocycles. The molecule has 7 heteroatoms. The maximum atomic E-state index is 15.2. The van der Waals surface area contributed by atoms with Crippen LogP contribution in [-0.4, -0.2) is 21.9 Å². The maximum absolute atomic E-state index is 15.2. The summed E-state index contributed by atoms with van der Waals surface area (Å²) in [6, 6.07) is 15.0. The topological polar surface area (TPSA) is 53.3 Å². The SMILES string of the molecule is CC(=O)OC1(C)CC(C#N)(c2cc(F)c(CN3SC(c4ccccc4)CC[C@@H]3C)cc2F)C1. The highest BCUT2D eigenvalue weighted by Crippen LogP contribution is 2.53. The van der Waals surface area contributed by atoms with Crippen LogP contribution in [0, 0.1) is 23.0 Å². The second-order valence-corrected chi connectivity index (χ2v) is 10.8. The van der Waals surface area contributed by atoms with Gasteiger partial charge in [0, 0.05) is 48.7 Å². The first-order valence-electron chi connectivity index (χ1n) is 11.2. The van der Waals surface area contributed by atoms with Crippen molar-refractivity contribution in [2.45, 2.75) is 75.3 Å². The third kappa shape index (κ3) is 4.78. The largest absolute Gasteiger partial charge is 0.459 e. The first-order chi connectivity index (χ1) is 15.6. The Morgan fingerprint density at radius 3 is 2.55 bits per heavy atom. The Morgan fingerprint density at radius 1 is 1.21 bits per heavy atom. The number of hydrogen-bond acceptors (Lipinski definition) is 5. The van der Waals surface area contributed by atoms with Gasteiger partial charge in [-0.3, -0.25) is 4.79 Å². The van der Waals surface area contributed by atoms with Crippen LogP contribution in [0.25, 0.3) is 0 Å². The smallest absolute Gasteiger partial charge is 0.303 e. The van der Waals surface area contributed by atoms with Gasteiger partial charge in [0.15, 0.2) is 0 Å². The normalized spacial score (nSPS) is 29.7. The number of nitriles is 1. The number of halogens is 2. The fraction of sp³-hybridized carbons (Fsp3) is 0.462. The number of hydrogen-bond donors (Lipinski definition) is 0. The molecule has 0 spiro atoms. The number of carbonyl (C=O) groups is 1. The van der Waals surface area contributed by atoms with Crippen LogP contribution in [0.5, 0.6) is 0 Å². The number of esters is 1. The molecule has 0 N–H and O–H groups in total. The molecule has 1 saturated heterocycles. The minimum Gasteiger partial charge on any atom is -0.459 e. The summed E-state index contributed by atoms with van der Waals surface area (Å²) in [6.45, 7) is 5.40. The van der Waals surface area contributed by atoms with Crippen molar-refractivity contribution in [1.82, 2.24) is 4.31 Å². The van der Waals surface area contributed by atoms with Crippen molar-refractivity contribution >= 4 is 17.9 Å². The number of rotatable bonds is 5. The lowest BCUT2D eigenvalue weighted by atomic mass is 9.57. The number of benzene rings is 2. The highest BCUT2D eigenvalue weighted by molar-refractivity contribution is 7.97. The van der Waals surface area contributed by atoms with E-state index < -0.39 is 28.6 Å². The average molecular weight is 471 g/mol. The molecule has 2 aromatic rings. The highest BCUT2D eigenvalue weighted by atomic mass is 32.2. The summed E-state index contributed by atoms with van der Waals surface area (Å²) < 4.78 is 37.8. The predicted molar refractivity (Wildman–Crippen MR) is 124 cm³/mol. The second kappa shape index (κ2) is 9.08. The van der Waals surface area contributed by atoms with Gasteiger partial charge in [-0.1, -0.05) is 42.3 Å². The summed E-state index contributed by atoms with van der Waals surface area (Å²) in [5.41, 5.74) is -0.482. The van der Waals surface area contributed by atoms with Gasteiger partial charge in [0.05, 0.1) is 11.5 Å². The van der Waals surface area contributed by atoms with E-state index in [0.29, 0.717) is 0 Å². The average Bonchev–Trinajstić information content (AvgIpc) is 2.75. The van der Waals surface area contributed by atoms with E-state index in [4.69, 9.17) is 4.74 Å². The molecule has 0 amide bonds. The maximum Gasteiger partial charge on any atom is 0.303 e. The van der Waals surface area contributed by atoms with E-state index in [1.165, 1.54) is 18.6 Å². The number of nitrogens with zero attached hydrogens (tertiary/aromatic N) is 2. The lowest BCUT2D eigenvalue weighted by Crippen LogP contribution is -2.54. The second-order valence-electron chi connectivity index (χ2n) is 9.52. The molecule has 1 saturated carbocycles. The van der Waals surface area contributed by atoms with Crippen LogP contribution >= 0.6 is 11.9 Å². The minimum atomic E-state index is -1.20. The first kappa shape index (κ1) is 23.7. The van der Waals surface area contributed by atoms with Gasteiger partial charge in [-0.15, -0.1) is 0 Å². The van der Waals surface area contributed by atoms with Crippen LogP contribution in [0.2, 0.25) is 0 Å². The Kier molecular flexibility index (Phi) is 6.52. The number of carbonyl (C=O) groups excluding carboxylic acids is 1. The quantitative estimate of drug-likeness (QED) is 0.384. The molecule has 4 rings (SSSR count). The molecule has 0 radical (unpaired) electrons. The van der Waals surface area contributed by atoms with Crippen molar-refractivity contribution < 1.29 is 18.3 Å². The molecule has 1 unspecified atom stereocenters. The molecule has 0 bridgehead atoms. The van der Waals surface area contributed by atoms with Crippen molar-refractivity contribution in [1.29, 1.82) is 5.26 Å². The van der Waals surface area contributed by atoms with Gasteiger partial charge in [-0.2, -0.15) is 5.26 Å². The third-order valence-corrected chi connectivity index (χ3v) is 8.23. The zero-order chi connectivity index (χ0) is 23.8. The zero-order valence-electron chi connectivity index (χ0n) is 19.1. The van der Waals surface area contributed by atoms with Crippen molar-refractivity contribution in [3.05, 3.63) is 70.8 Å². The Morgan fingerprint density at radius 2 is 1.91 bits per heavy atom. The Balaban J connectivity index is 1.53. The van der Waals surface area contributed by atoms with E-state index in [0.717, 1.165) is 18.9 Å². The molecular formula is C26H28F2N2O2S. The summed E-state index contributed by atoms with van der Waals surface area (Å²) in [5, 5.41) is 10.1. The van der Waals surface area contributed by atoms with Crippen molar-refractivity contribution in [3.63, 3.8) is 0 Å². The molecule has 2 atom stereocenters. The summed E-state index contributed by atoms with van der Waals surface area (Å²) in [6.07, 6.45) is 2.29. The standard InChI is InChI=1S/C26H28F2N2O2S/c1-17-9-10-24(19-7-5-4-6-8-19)33-30(17)13-20-11-23(28)21(12-22(20)27)26(16-29)14-25(3,15-26)32-18(2)31/h4-8,11-12,17,24H,9-10,13-15H2,1-3H3/t17-,24?,25?,26?/m0/s1. The van der Waals surface area contributed by atoms with E-state index in [9.17, 15) is 10.1 Å². The van der Waals surface area contributed by atoms with Gasteiger partial charge in [-0.25, -0.2) is 13.1 Å². The molecule has 174 valence electrons. The fourth-order valence-corrected chi connectivity index (χ4v) is 6.54. The summed E-state index contributed by atoms with van der Waals surface area (Å²) in [4.78, 5) is 11.3. The molecule has 0 aromatic heterocycles. The molecule has 2 aliphatic rings. The molecule has 4 nitrogen and oxygen atoms in total. The number of ether oxygens (including phenoxy) is 1. The predicted octanol–water partition coefficient (Wildman–Crippen LogP) is 6.22. The van der Waals surface area contributed by atoms with Crippen LogP contribution in [0.4, 0.5) is 8.78 Å². The molecule has 33 heavy (non-hydrogen) atoms. The van der Waals surface area contributed by atoms with Gasteiger partial charge in [0.25, 0.3) is 0 Å². The summed E-state index contributed by atoms with van der Waals surface area (Å²) >= 11 is 1.68. The summed E-state index contributed by atoms with van der Waals surface area (Å²) in [5.74, 6) is -1.56. The van der Waals surface area contributed by atoms with Crippen LogP contribution in [0.1, 0.15) is 68.4 Å². The van der Waals surface area contributed by atoms with Gasteiger partial charge < -0.3 is 4.74 Å². The lowest BCUT2D eigenvalue weighted by Gasteiger charge is -2.49. The van der Waals surface area contributed by atoms with Crippen LogP contribution < -0.4 is 0 Å².